The maximum atomic E-state index is 13.1. The number of piperazine rings is 1. The minimum Gasteiger partial charge on any atom is -0.489 e. The predicted octanol–water partition coefficient (Wildman–Crippen LogP) is 5.95. The van der Waals surface area contributed by atoms with Gasteiger partial charge in [-0.2, -0.15) is 0 Å². The quantitative estimate of drug-likeness (QED) is 0.211. The van der Waals surface area contributed by atoms with Gasteiger partial charge in [-0.25, -0.2) is 4.79 Å². The lowest BCUT2D eigenvalue weighted by Gasteiger charge is -2.28. The molecule has 1 fully saturated rings. The Bertz CT molecular complexity index is 1490. The van der Waals surface area contributed by atoms with Gasteiger partial charge < -0.3 is 25.4 Å². The van der Waals surface area contributed by atoms with Gasteiger partial charge >= 0.3 is 12.4 Å². The van der Waals surface area contributed by atoms with Crippen LogP contribution in [0.5, 0.6) is 11.5 Å². The minimum absolute atomic E-state index is 0.113. The lowest BCUT2D eigenvalue weighted by molar-refractivity contribution is -0.274. The van der Waals surface area contributed by atoms with E-state index in [0.717, 1.165) is 42.9 Å². The number of amides is 2. The maximum Gasteiger partial charge on any atom is 0.573 e. The summed E-state index contributed by atoms with van der Waals surface area (Å²) in [6.07, 6.45) is -1.46. The molecule has 3 aromatic carbocycles. The number of hydrogen-bond donors (Lipinski definition) is 3. The summed E-state index contributed by atoms with van der Waals surface area (Å²) in [5.41, 5.74) is 4.60. The fourth-order valence-corrected chi connectivity index (χ4v) is 4.82. The number of carbonyl (C=O) groups excluding carboxylic acids is 1. The van der Waals surface area contributed by atoms with E-state index in [1.54, 1.807) is 48.8 Å². The predicted molar refractivity (Wildman–Crippen MR) is 158 cm³/mol. The number of anilines is 1. The Kier molecular flexibility index (Phi) is 9.75. The van der Waals surface area contributed by atoms with Crippen molar-refractivity contribution in [1.29, 1.82) is 0 Å². The molecule has 1 aliphatic rings. The number of pyridine rings is 1. The smallest absolute Gasteiger partial charge is 0.489 e. The van der Waals surface area contributed by atoms with E-state index in [2.05, 4.69) is 30.6 Å². The van der Waals surface area contributed by atoms with Gasteiger partial charge in [0.1, 0.15) is 18.1 Å². The van der Waals surface area contributed by atoms with Crippen molar-refractivity contribution in [1.82, 2.24) is 20.5 Å². The van der Waals surface area contributed by atoms with Gasteiger partial charge in [-0.15, -0.1) is 13.2 Å². The second-order valence-corrected chi connectivity index (χ2v) is 10.0. The zero-order valence-corrected chi connectivity index (χ0v) is 23.4. The van der Waals surface area contributed by atoms with Crippen LogP contribution in [0.1, 0.15) is 16.7 Å². The Labute approximate surface area is 247 Å². The second-order valence-electron chi connectivity index (χ2n) is 10.0. The van der Waals surface area contributed by atoms with Gasteiger partial charge in [-0.3, -0.25) is 9.88 Å². The van der Waals surface area contributed by atoms with Gasteiger partial charge in [0.2, 0.25) is 0 Å². The number of aromatic nitrogens is 1. The highest BCUT2D eigenvalue weighted by Crippen LogP contribution is 2.34. The molecule has 3 N–H and O–H groups in total. The second kappa shape index (κ2) is 14.0. The molecule has 224 valence electrons. The van der Waals surface area contributed by atoms with Gasteiger partial charge in [-0.1, -0.05) is 36.4 Å². The number of nitrogens with one attached hydrogen (secondary N) is 3. The molecule has 2 heterocycles. The number of ether oxygens (including phenoxy) is 2. The molecule has 0 aliphatic carbocycles. The van der Waals surface area contributed by atoms with Crippen LogP contribution < -0.4 is 25.4 Å². The molecule has 0 radical (unpaired) electrons. The molecule has 0 spiro atoms. The first-order valence-electron chi connectivity index (χ1n) is 13.9. The highest BCUT2D eigenvalue weighted by atomic mass is 19.4. The highest BCUT2D eigenvalue weighted by molar-refractivity contribution is 5.89. The molecule has 43 heavy (non-hydrogen) atoms. The summed E-state index contributed by atoms with van der Waals surface area (Å²) in [5, 5.41) is 8.87. The Morgan fingerprint density at radius 2 is 1.67 bits per heavy atom. The van der Waals surface area contributed by atoms with Crippen molar-refractivity contribution in [3.05, 3.63) is 108 Å². The number of alkyl halides is 3. The molecule has 11 heteroatoms. The summed E-state index contributed by atoms with van der Waals surface area (Å²) in [6, 6.07) is 22.2. The van der Waals surface area contributed by atoms with Crippen LogP contribution in [0.15, 0.2) is 91.3 Å². The summed E-state index contributed by atoms with van der Waals surface area (Å²) in [4.78, 5) is 18.6. The molecule has 1 aliphatic heterocycles. The highest BCUT2D eigenvalue weighted by Gasteiger charge is 2.31. The molecular weight excluding hydrogens is 559 g/mol. The third-order valence-electron chi connectivity index (χ3n) is 6.91. The molecule has 0 bridgehead atoms. The Morgan fingerprint density at radius 1 is 0.907 bits per heavy atom. The molecule has 4 aromatic rings. The van der Waals surface area contributed by atoms with E-state index in [4.69, 9.17) is 4.74 Å². The molecule has 8 nitrogen and oxygen atoms in total. The number of carbonyl (C=O) groups is 1. The Balaban J connectivity index is 1.28. The van der Waals surface area contributed by atoms with Crippen molar-refractivity contribution in [2.24, 2.45) is 0 Å². The largest absolute Gasteiger partial charge is 0.573 e. The molecule has 5 rings (SSSR count). The summed E-state index contributed by atoms with van der Waals surface area (Å²) in [6.45, 7) is 4.68. The van der Waals surface area contributed by atoms with Crippen LogP contribution in [0.2, 0.25) is 0 Å². The zero-order chi connectivity index (χ0) is 30.1. The number of halogens is 3. The maximum absolute atomic E-state index is 13.1. The van der Waals surface area contributed by atoms with Gasteiger partial charge in [0.15, 0.2) is 0 Å². The number of rotatable bonds is 10. The van der Waals surface area contributed by atoms with Crippen molar-refractivity contribution in [2.45, 2.75) is 26.1 Å². The van der Waals surface area contributed by atoms with Crippen molar-refractivity contribution in [3.63, 3.8) is 0 Å². The topological polar surface area (TPSA) is 87.8 Å². The summed E-state index contributed by atoms with van der Waals surface area (Å²) in [7, 11) is 0. The fourth-order valence-electron chi connectivity index (χ4n) is 4.82. The van der Waals surface area contributed by atoms with Crippen LogP contribution in [0.25, 0.3) is 11.1 Å². The number of hydrogen-bond acceptors (Lipinski definition) is 6. The van der Waals surface area contributed by atoms with E-state index in [-0.39, 0.29) is 18.4 Å². The molecule has 0 saturated carbocycles. The number of urea groups is 1. The van der Waals surface area contributed by atoms with Gasteiger partial charge in [0.25, 0.3) is 0 Å². The van der Waals surface area contributed by atoms with Gasteiger partial charge in [0.05, 0.1) is 0 Å². The molecule has 1 saturated heterocycles. The van der Waals surface area contributed by atoms with Crippen LogP contribution in [0.3, 0.4) is 0 Å². The van der Waals surface area contributed by atoms with Crippen molar-refractivity contribution in [3.8, 4) is 22.6 Å². The summed E-state index contributed by atoms with van der Waals surface area (Å²) < 4.78 is 49.5. The van der Waals surface area contributed by atoms with E-state index in [9.17, 15) is 18.0 Å². The van der Waals surface area contributed by atoms with Gasteiger partial charge in [-0.05, 0) is 70.3 Å². The van der Waals surface area contributed by atoms with E-state index in [1.165, 1.54) is 12.1 Å². The van der Waals surface area contributed by atoms with E-state index in [0.29, 0.717) is 35.7 Å². The average Bonchev–Trinajstić information content (AvgIpc) is 3.01. The van der Waals surface area contributed by atoms with Crippen LogP contribution in [0, 0.1) is 0 Å². The SMILES string of the molecule is O=C(NCc1cccnc1)Nc1ccc(OCc2ccc(OC(F)(F)F)cc2-c2ccccc2CN2CCNCC2)cc1. The first kappa shape index (κ1) is 29.9. The number of nitrogens with zero attached hydrogens (tertiary/aromatic N) is 2. The van der Waals surface area contributed by atoms with Crippen molar-refractivity contribution < 1.29 is 27.4 Å². The lowest BCUT2D eigenvalue weighted by Crippen LogP contribution is -2.42. The third-order valence-corrected chi connectivity index (χ3v) is 6.91. The molecule has 0 atom stereocenters. The third kappa shape index (κ3) is 8.94. The van der Waals surface area contributed by atoms with Crippen LogP contribution in [-0.2, 0) is 19.7 Å². The Morgan fingerprint density at radius 3 is 2.42 bits per heavy atom. The zero-order valence-electron chi connectivity index (χ0n) is 23.4. The summed E-state index contributed by atoms with van der Waals surface area (Å²) >= 11 is 0. The van der Waals surface area contributed by atoms with Crippen LogP contribution in [-0.4, -0.2) is 48.5 Å². The average molecular weight is 592 g/mol. The number of benzene rings is 3. The summed E-state index contributed by atoms with van der Waals surface area (Å²) in [5.74, 6) is 0.248. The molecule has 2 amide bonds. The monoisotopic (exact) mass is 591 g/mol. The lowest BCUT2D eigenvalue weighted by atomic mass is 9.95. The fraction of sp³-hybridized carbons (Fsp3) is 0.250. The van der Waals surface area contributed by atoms with Crippen molar-refractivity contribution in [2.75, 3.05) is 31.5 Å². The van der Waals surface area contributed by atoms with Crippen LogP contribution in [0.4, 0.5) is 23.7 Å². The minimum atomic E-state index is -4.80. The Hall–Kier alpha value is -4.61. The molecule has 1 aromatic heterocycles. The normalized spacial score (nSPS) is 13.7. The molecule has 0 unspecified atom stereocenters. The first-order chi connectivity index (χ1) is 20.8. The standard InChI is InChI=1S/C32H32F3N5O3/c33-32(34,35)43-28-10-7-25(30(18-28)29-6-2-1-5-24(29)21-40-16-14-36-15-17-40)22-42-27-11-8-26(9-12-27)39-31(41)38-20-23-4-3-13-37-19-23/h1-13,18-19,36H,14-17,20-22H2,(H2,38,39,41). The van der Waals surface area contributed by atoms with Crippen LogP contribution >= 0.6 is 0 Å². The van der Waals surface area contributed by atoms with E-state index >= 15 is 0 Å². The van der Waals surface area contributed by atoms with E-state index in [1.807, 2.05) is 30.3 Å². The van der Waals surface area contributed by atoms with Crippen molar-refractivity contribution >= 4 is 11.7 Å². The first-order valence-corrected chi connectivity index (χ1v) is 13.9. The molecular formula is C32H32F3N5O3. The van der Waals surface area contributed by atoms with Gasteiger partial charge in [0, 0.05) is 57.3 Å². The van der Waals surface area contributed by atoms with E-state index < -0.39 is 6.36 Å².